The zero-order valence-electron chi connectivity index (χ0n) is 12.9. The van der Waals surface area contributed by atoms with E-state index < -0.39 is 5.41 Å². The highest BCUT2D eigenvalue weighted by atomic mass is 35.5. The summed E-state index contributed by atoms with van der Waals surface area (Å²) in [6, 6.07) is 3.10. The van der Waals surface area contributed by atoms with Crippen LogP contribution in [0.3, 0.4) is 0 Å². The molecule has 1 saturated heterocycles. The van der Waals surface area contributed by atoms with Gasteiger partial charge in [0.15, 0.2) is 5.75 Å². The average molecular weight is 418 g/mol. The van der Waals surface area contributed by atoms with Crippen LogP contribution in [0.25, 0.3) is 0 Å². The van der Waals surface area contributed by atoms with Gasteiger partial charge in [-0.05, 0) is 25.0 Å². The third kappa shape index (κ3) is 5.28. The van der Waals surface area contributed by atoms with E-state index in [1.807, 2.05) is 0 Å². The molecule has 0 atom stereocenters. The van der Waals surface area contributed by atoms with Crippen LogP contribution in [-0.2, 0) is 9.53 Å². The molecule has 1 aromatic carbocycles. The minimum absolute atomic E-state index is 0. The van der Waals surface area contributed by atoms with Gasteiger partial charge in [0.2, 0.25) is 5.91 Å². The van der Waals surface area contributed by atoms with Crippen LogP contribution in [0.2, 0.25) is 15.1 Å². The Balaban J connectivity index is 0.00000288. The summed E-state index contributed by atoms with van der Waals surface area (Å²) in [6.07, 6.45) is 1.26. The minimum atomic E-state index is -0.548. The van der Waals surface area contributed by atoms with Gasteiger partial charge >= 0.3 is 0 Å². The Kier molecular flexibility index (Phi) is 8.91. The molecule has 1 aliphatic rings. The van der Waals surface area contributed by atoms with E-state index in [0.29, 0.717) is 60.0 Å². The molecule has 1 fully saturated rings. The summed E-state index contributed by atoms with van der Waals surface area (Å²) in [5, 5.41) is 3.95. The first kappa shape index (κ1) is 21.6. The fourth-order valence-electron chi connectivity index (χ4n) is 2.46. The Morgan fingerprint density at radius 1 is 1.25 bits per heavy atom. The van der Waals surface area contributed by atoms with Crippen LogP contribution in [0.15, 0.2) is 12.1 Å². The molecule has 0 unspecified atom stereocenters. The van der Waals surface area contributed by atoms with Crippen LogP contribution >= 0.6 is 47.2 Å². The lowest BCUT2D eigenvalue weighted by Gasteiger charge is -2.34. The lowest BCUT2D eigenvalue weighted by molar-refractivity contribution is -0.136. The quantitative estimate of drug-likeness (QED) is 0.696. The lowest BCUT2D eigenvalue weighted by atomic mass is 9.79. The first-order valence-electron chi connectivity index (χ1n) is 7.32. The van der Waals surface area contributed by atoms with E-state index in [2.05, 4.69) is 5.32 Å². The molecule has 0 radical (unpaired) electrons. The summed E-state index contributed by atoms with van der Waals surface area (Å²) < 4.78 is 10.8. The second-order valence-electron chi connectivity index (χ2n) is 5.40. The van der Waals surface area contributed by atoms with Gasteiger partial charge < -0.3 is 20.5 Å². The SMILES string of the molecule is Cl.NCC1(C(=O)NCCOc2c(Cl)cc(Cl)cc2Cl)CCOCC1. The van der Waals surface area contributed by atoms with Gasteiger partial charge in [0, 0.05) is 24.8 Å². The number of nitrogens with one attached hydrogen (secondary N) is 1. The second kappa shape index (κ2) is 9.90. The van der Waals surface area contributed by atoms with Crippen LogP contribution in [0.5, 0.6) is 5.75 Å². The number of benzene rings is 1. The molecule has 1 amide bonds. The molecule has 0 spiro atoms. The van der Waals surface area contributed by atoms with Crippen LogP contribution in [0.4, 0.5) is 0 Å². The van der Waals surface area contributed by atoms with Crippen molar-refractivity contribution < 1.29 is 14.3 Å². The predicted octanol–water partition coefficient (Wildman–Crippen LogP) is 3.32. The Morgan fingerprint density at radius 2 is 1.83 bits per heavy atom. The first-order chi connectivity index (χ1) is 11.0. The molecule has 0 aromatic heterocycles. The monoisotopic (exact) mass is 416 g/mol. The van der Waals surface area contributed by atoms with E-state index in [4.69, 9.17) is 50.0 Å². The number of hydrogen-bond acceptors (Lipinski definition) is 4. The number of ether oxygens (including phenoxy) is 2. The summed E-state index contributed by atoms with van der Waals surface area (Å²) in [4.78, 5) is 12.4. The third-order valence-corrected chi connectivity index (χ3v) is 4.70. The van der Waals surface area contributed by atoms with Gasteiger partial charge in [-0.1, -0.05) is 34.8 Å². The van der Waals surface area contributed by atoms with Crippen molar-refractivity contribution in [2.45, 2.75) is 12.8 Å². The van der Waals surface area contributed by atoms with E-state index in [9.17, 15) is 4.79 Å². The summed E-state index contributed by atoms with van der Waals surface area (Å²) in [5.74, 6) is 0.284. The molecule has 24 heavy (non-hydrogen) atoms. The summed E-state index contributed by atoms with van der Waals surface area (Å²) in [7, 11) is 0. The van der Waals surface area contributed by atoms with Gasteiger partial charge in [0.05, 0.1) is 22.0 Å². The van der Waals surface area contributed by atoms with Crippen molar-refractivity contribution in [1.82, 2.24) is 5.32 Å². The van der Waals surface area contributed by atoms with Crippen molar-refractivity contribution in [2.75, 3.05) is 32.9 Å². The number of halogens is 4. The molecule has 0 aliphatic carbocycles. The second-order valence-corrected chi connectivity index (χ2v) is 6.65. The average Bonchev–Trinajstić information content (AvgIpc) is 2.53. The van der Waals surface area contributed by atoms with Crippen molar-refractivity contribution in [3.63, 3.8) is 0 Å². The molecule has 3 N–H and O–H groups in total. The smallest absolute Gasteiger partial charge is 0.227 e. The number of carbonyl (C=O) groups is 1. The van der Waals surface area contributed by atoms with Crippen LogP contribution in [0.1, 0.15) is 12.8 Å². The third-order valence-electron chi connectivity index (χ3n) is 3.92. The first-order valence-corrected chi connectivity index (χ1v) is 8.45. The Bertz CT molecular complexity index is 543. The predicted molar refractivity (Wildman–Crippen MR) is 98.8 cm³/mol. The Hall–Kier alpha value is -0.430. The standard InChI is InChI=1S/C15H19Cl3N2O3.ClH/c16-10-7-11(17)13(12(18)8-10)23-6-3-20-14(21)15(9-19)1-4-22-5-2-15;/h7-8H,1-6,9,19H2,(H,20,21);1H. The summed E-state index contributed by atoms with van der Waals surface area (Å²) in [6.45, 7) is 1.98. The fraction of sp³-hybridized carbons (Fsp3) is 0.533. The molecule has 1 aromatic rings. The van der Waals surface area contributed by atoms with Crippen LogP contribution < -0.4 is 15.8 Å². The number of amides is 1. The highest BCUT2D eigenvalue weighted by Crippen LogP contribution is 2.35. The number of hydrogen-bond donors (Lipinski definition) is 2. The molecule has 136 valence electrons. The van der Waals surface area contributed by atoms with Crippen molar-refractivity contribution in [2.24, 2.45) is 11.1 Å². The maximum atomic E-state index is 12.4. The zero-order valence-corrected chi connectivity index (χ0v) is 16.0. The van der Waals surface area contributed by atoms with Gasteiger partial charge in [-0.3, -0.25) is 4.79 Å². The molecule has 2 rings (SSSR count). The topological polar surface area (TPSA) is 73.6 Å². The van der Waals surface area contributed by atoms with Crippen LogP contribution in [0, 0.1) is 5.41 Å². The number of rotatable bonds is 6. The Morgan fingerprint density at radius 3 is 2.38 bits per heavy atom. The number of carbonyl (C=O) groups excluding carboxylic acids is 1. The van der Waals surface area contributed by atoms with Crippen molar-refractivity contribution in [3.8, 4) is 5.75 Å². The van der Waals surface area contributed by atoms with E-state index in [-0.39, 0.29) is 24.9 Å². The maximum absolute atomic E-state index is 12.4. The van der Waals surface area contributed by atoms with E-state index in [0.717, 1.165) is 0 Å². The highest BCUT2D eigenvalue weighted by Gasteiger charge is 2.38. The highest BCUT2D eigenvalue weighted by molar-refractivity contribution is 6.40. The van der Waals surface area contributed by atoms with Gasteiger partial charge in [0.1, 0.15) is 6.61 Å². The molecule has 9 heteroatoms. The van der Waals surface area contributed by atoms with Gasteiger partial charge in [-0.2, -0.15) is 0 Å². The molecule has 1 aliphatic heterocycles. The van der Waals surface area contributed by atoms with E-state index in [1.54, 1.807) is 12.1 Å². The largest absolute Gasteiger partial charge is 0.489 e. The van der Waals surface area contributed by atoms with Crippen molar-refractivity contribution in [3.05, 3.63) is 27.2 Å². The lowest BCUT2D eigenvalue weighted by Crippen LogP contribution is -2.49. The fourth-order valence-corrected chi connectivity index (χ4v) is 3.38. The number of nitrogens with two attached hydrogens (primary N) is 1. The van der Waals surface area contributed by atoms with Gasteiger partial charge in [-0.25, -0.2) is 0 Å². The summed E-state index contributed by atoms with van der Waals surface area (Å²) >= 11 is 17.9. The Labute approximate surface area is 162 Å². The molecule has 1 heterocycles. The van der Waals surface area contributed by atoms with Crippen LogP contribution in [-0.4, -0.2) is 38.8 Å². The molecular formula is C15H20Cl4N2O3. The van der Waals surface area contributed by atoms with E-state index in [1.165, 1.54) is 0 Å². The van der Waals surface area contributed by atoms with Gasteiger partial charge in [-0.15, -0.1) is 12.4 Å². The minimum Gasteiger partial charge on any atom is -0.489 e. The summed E-state index contributed by atoms with van der Waals surface area (Å²) in [5.41, 5.74) is 5.25. The maximum Gasteiger partial charge on any atom is 0.227 e. The molecule has 0 saturated carbocycles. The van der Waals surface area contributed by atoms with E-state index >= 15 is 0 Å². The van der Waals surface area contributed by atoms with Gasteiger partial charge in [0.25, 0.3) is 0 Å². The zero-order chi connectivity index (χ0) is 16.9. The normalized spacial score (nSPS) is 16.2. The molecular weight excluding hydrogens is 398 g/mol. The molecule has 0 bridgehead atoms. The van der Waals surface area contributed by atoms with Crippen molar-refractivity contribution >= 4 is 53.1 Å². The molecule has 5 nitrogen and oxygen atoms in total. The van der Waals surface area contributed by atoms with Crippen molar-refractivity contribution in [1.29, 1.82) is 0 Å².